The van der Waals surface area contributed by atoms with Crippen molar-refractivity contribution in [2.24, 2.45) is 5.92 Å². The van der Waals surface area contributed by atoms with Gasteiger partial charge in [-0.05, 0) is 25.8 Å². The van der Waals surface area contributed by atoms with Gasteiger partial charge in [-0.2, -0.15) is 5.26 Å². The molecule has 104 valence electrons. The van der Waals surface area contributed by atoms with Crippen molar-refractivity contribution < 1.29 is 0 Å². The van der Waals surface area contributed by atoms with Gasteiger partial charge in [0.05, 0.1) is 16.8 Å². The van der Waals surface area contributed by atoms with Crippen LogP contribution >= 0.6 is 0 Å². The van der Waals surface area contributed by atoms with Gasteiger partial charge in [0, 0.05) is 24.2 Å². The van der Waals surface area contributed by atoms with E-state index in [1.165, 1.54) is 0 Å². The minimum Gasteiger partial charge on any atom is -0.367 e. The lowest BCUT2D eigenvalue weighted by atomic mass is 10.1. The number of para-hydroxylation sites is 1. The molecule has 0 atom stereocenters. The fraction of sp³-hybridized carbons (Fsp3) is 0.412. The maximum Gasteiger partial charge on any atom is 0.103 e. The van der Waals surface area contributed by atoms with Gasteiger partial charge in [-0.1, -0.05) is 32.0 Å². The quantitative estimate of drug-likeness (QED) is 0.841. The van der Waals surface area contributed by atoms with Crippen molar-refractivity contribution in [2.45, 2.75) is 33.7 Å². The van der Waals surface area contributed by atoms with Gasteiger partial charge in [0.2, 0.25) is 0 Å². The van der Waals surface area contributed by atoms with Crippen LogP contribution in [0.2, 0.25) is 0 Å². The Kier molecular flexibility index (Phi) is 4.24. The number of aromatic nitrogens is 1. The summed E-state index contributed by atoms with van der Waals surface area (Å²) < 4.78 is 0. The summed E-state index contributed by atoms with van der Waals surface area (Å²) in [4.78, 5) is 6.70. The second kappa shape index (κ2) is 5.92. The molecule has 3 heteroatoms. The lowest BCUT2D eigenvalue weighted by Crippen LogP contribution is -2.35. The molecule has 1 aromatic carbocycles. The van der Waals surface area contributed by atoms with E-state index in [1.54, 1.807) is 6.20 Å². The van der Waals surface area contributed by atoms with Crippen molar-refractivity contribution in [1.29, 1.82) is 5.26 Å². The third-order valence-electron chi connectivity index (χ3n) is 3.34. The largest absolute Gasteiger partial charge is 0.367 e. The third kappa shape index (κ3) is 2.75. The molecule has 1 aromatic heterocycles. The molecule has 2 aromatic rings. The Morgan fingerprint density at radius 1 is 1.20 bits per heavy atom. The van der Waals surface area contributed by atoms with Crippen LogP contribution in [-0.4, -0.2) is 17.6 Å². The maximum atomic E-state index is 9.43. The molecule has 3 nitrogen and oxygen atoms in total. The summed E-state index contributed by atoms with van der Waals surface area (Å²) in [6, 6.07) is 10.7. The minimum atomic E-state index is 0.343. The van der Waals surface area contributed by atoms with Gasteiger partial charge in [0.1, 0.15) is 6.07 Å². The lowest BCUT2D eigenvalue weighted by molar-refractivity contribution is 0.572. The Balaban J connectivity index is 2.68. The average molecular weight is 267 g/mol. The second-order valence-electron chi connectivity index (χ2n) is 5.79. The van der Waals surface area contributed by atoms with E-state index in [-0.39, 0.29) is 0 Å². The number of benzene rings is 1. The first kappa shape index (κ1) is 14.3. The molecule has 0 saturated heterocycles. The predicted molar refractivity (Wildman–Crippen MR) is 83.8 cm³/mol. The second-order valence-corrected chi connectivity index (χ2v) is 5.79. The van der Waals surface area contributed by atoms with Crippen LogP contribution in [-0.2, 0) is 0 Å². The summed E-state index contributed by atoms with van der Waals surface area (Å²) in [5.74, 6) is 0.538. The van der Waals surface area contributed by atoms with E-state index in [0.717, 1.165) is 23.1 Å². The van der Waals surface area contributed by atoms with Crippen LogP contribution in [0.25, 0.3) is 10.9 Å². The number of hydrogen-bond donors (Lipinski definition) is 0. The molecule has 0 aliphatic carbocycles. The van der Waals surface area contributed by atoms with E-state index in [4.69, 9.17) is 0 Å². The van der Waals surface area contributed by atoms with Crippen LogP contribution in [0.4, 0.5) is 5.69 Å². The van der Waals surface area contributed by atoms with Crippen molar-refractivity contribution in [3.05, 3.63) is 36.0 Å². The molecule has 0 aliphatic rings. The van der Waals surface area contributed by atoms with Crippen molar-refractivity contribution >= 4 is 16.6 Å². The van der Waals surface area contributed by atoms with E-state index in [9.17, 15) is 5.26 Å². The number of pyridine rings is 1. The highest BCUT2D eigenvalue weighted by atomic mass is 15.2. The van der Waals surface area contributed by atoms with Crippen LogP contribution in [0.5, 0.6) is 0 Å². The topological polar surface area (TPSA) is 39.9 Å². The maximum absolute atomic E-state index is 9.43. The van der Waals surface area contributed by atoms with Crippen molar-refractivity contribution in [1.82, 2.24) is 4.98 Å². The average Bonchev–Trinajstić information content (AvgIpc) is 2.43. The van der Waals surface area contributed by atoms with Gasteiger partial charge in [-0.3, -0.25) is 4.98 Å². The molecule has 0 fully saturated rings. The summed E-state index contributed by atoms with van der Waals surface area (Å²) in [5.41, 5.74) is 2.61. The molecule has 0 amide bonds. The lowest BCUT2D eigenvalue weighted by Gasteiger charge is -2.32. The molecule has 0 radical (unpaired) electrons. The standard InChI is InChI=1S/C17H21N3/c1-12(2)11-20(13(3)4)17-14(9-18)10-19-16-8-6-5-7-15(16)17/h5-8,10,12-13H,11H2,1-4H3. The Labute approximate surface area is 120 Å². The number of rotatable bonds is 4. The first-order valence-corrected chi connectivity index (χ1v) is 7.09. The van der Waals surface area contributed by atoms with Gasteiger partial charge in [0.15, 0.2) is 0 Å². The normalized spacial score (nSPS) is 11.1. The van der Waals surface area contributed by atoms with E-state index >= 15 is 0 Å². The number of nitriles is 1. The molecular weight excluding hydrogens is 246 g/mol. The highest BCUT2D eigenvalue weighted by Crippen LogP contribution is 2.31. The SMILES string of the molecule is CC(C)CN(c1c(C#N)cnc2ccccc12)C(C)C. The monoisotopic (exact) mass is 267 g/mol. The molecule has 0 spiro atoms. The zero-order valence-electron chi connectivity index (χ0n) is 12.6. The number of hydrogen-bond acceptors (Lipinski definition) is 3. The highest BCUT2D eigenvalue weighted by Gasteiger charge is 2.19. The molecule has 1 heterocycles. The molecule has 2 rings (SSSR count). The minimum absolute atomic E-state index is 0.343. The smallest absolute Gasteiger partial charge is 0.103 e. The van der Waals surface area contributed by atoms with E-state index in [0.29, 0.717) is 17.5 Å². The zero-order valence-corrected chi connectivity index (χ0v) is 12.6. The van der Waals surface area contributed by atoms with Gasteiger partial charge >= 0.3 is 0 Å². The van der Waals surface area contributed by atoms with Crippen molar-refractivity contribution in [3.8, 4) is 6.07 Å². The molecule has 0 N–H and O–H groups in total. The van der Waals surface area contributed by atoms with Crippen molar-refractivity contribution in [3.63, 3.8) is 0 Å². The van der Waals surface area contributed by atoms with Gasteiger partial charge in [-0.15, -0.1) is 0 Å². The van der Waals surface area contributed by atoms with Crippen molar-refractivity contribution in [2.75, 3.05) is 11.4 Å². The molecule has 0 unspecified atom stereocenters. The summed E-state index contributed by atoms with van der Waals surface area (Å²) in [7, 11) is 0. The Bertz CT molecular complexity index is 638. The summed E-state index contributed by atoms with van der Waals surface area (Å²) in [6.07, 6.45) is 1.69. The van der Waals surface area contributed by atoms with Crippen LogP contribution in [0.3, 0.4) is 0 Å². The molecule has 0 aliphatic heterocycles. The fourth-order valence-corrected chi connectivity index (χ4v) is 2.47. The van der Waals surface area contributed by atoms with Gasteiger partial charge < -0.3 is 4.90 Å². The van der Waals surface area contributed by atoms with Crippen LogP contribution in [0.1, 0.15) is 33.3 Å². The Hall–Kier alpha value is -2.08. The van der Waals surface area contributed by atoms with E-state index in [1.807, 2.05) is 24.3 Å². The molecule has 20 heavy (non-hydrogen) atoms. The summed E-state index contributed by atoms with van der Waals surface area (Å²) in [6.45, 7) is 9.66. The van der Waals surface area contributed by atoms with Crippen LogP contribution in [0.15, 0.2) is 30.5 Å². The first-order chi connectivity index (χ1) is 9.54. The molecule has 0 bridgehead atoms. The summed E-state index contributed by atoms with van der Waals surface area (Å²) in [5, 5.41) is 10.5. The van der Waals surface area contributed by atoms with Gasteiger partial charge in [0.25, 0.3) is 0 Å². The highest BCUT2D eigenvalue weighted by molar-refractivity contribution is 5.94. The fourth-order valence-electron chi connectivity index (χ4n) is 2.47. The Morgan fingerprint density at radius 2 is 1.90 bits per heavy atom. The van der Waals surface area contributed by atoms with E-state index in [2.05, 4.69) is 43.6 Å². The third-order valence-corrected chi connectivity index (χ3v) is 3.34. The predicted octanol–water partition coefficient (Wildman–Crippen LogP) is 3.98. The van der Waals surface area contributed by atoms with Gasteiger partial charge in [-0.25, -0.2) is 0 Å². The first-order valence-electron chi connectivity index (χ1n) is 7.09. The summed E-state index contributed by atoms with van der Waals surface area (Å²) >= 11 is 0. The van der Waals surface area contributed by atoms with Crippen LogP contribution in [0, 0.1) is 17.2 Å². The van der Waals surface area contributed by atoms with E-state index < -0.39 is 0 Å². The Morgan fingerprint density at radius 3 is 2.50 bits per heavy atom. The molecular formula is C17H21N3. The number of nitrogens with zero attached hydrogens (tertiary/aromatic N) is 3. The number of fused-ring (bicyclic) bond motifs is 1. The van der Waals surface area contributed by atoms with Crippen LogP contribution < -0.4 is 4.90 Å². The molecule has 0 saturated carbocycles. The zero-order chi connectivity index (χ0) is 14.7. The number of anilines is 1.